The van der Waals surface area contributed by atoms with E-state index in [2.05, 4.69) is 15.0 Å². The van der Waals surface area contributed by atoms with Crippen LogP contribution < -0.4 is 14.8 Å². The molecule has 0 aromatic carbocycles. The lowest BCUT2D eigenvalue weighted by molar-refractivity contribution is 0.100. The van der Waals surface area contributed by atoms with Gasteiger partial charge in [-0.05, 0) is 19.1 Å². The molecule has 0 fully saturated rings. The Labute approximate surface area is 159 Å². The quantitative estimate of drug-likeness (QED) is 0.684. The molecule has 2 aromatic rings. The average molecular weight is 416 g/mol. The smallest absolute Gasteiger partial charge is 0.280 e. The zero-order chi connectivity index (χ0) is 20.6. The topological polar surface area (TPSA) is 123 Å². The number of fused-ring (bicyclic) bond motifs is 1. The molecule has 152 valence electrons. The molecule has 0 bridgehead atoms. The van der Waals surface area contributed by atoms with Crippen molar-refractivity contribution >= 4 is 21.6 Å². The molecule has 0 saturated heterocycles. The zero-order valence-electron chi connectivity index (χ0n) is 14.9. The molecule has 28 heavy (non-hydrogen) atoms. The molecule has 2 aromatic heterocycles. The summed E-state index contributed by atoms with van der Waals surface area (Å²) in [6.45, 7) is 1.21. The van der Waals surface area contributed by atoms with Gasteiger partial charge in [0, 0.05) is 25.1 Å². The number of nitrogens with zero attached hydrogens (tertiary/aromatic N) is 2. The average Bonchev–Trinajstić information content (AvgIpc) is 2.89. The monoisotopic (exact) mass is 416 g/mol. The van der Waals surface area contributed by atoms with Gasteiger partial charge in [0.05, 0.1) is 12.1 Å². The molecule has 1 aliphatic heterocycles. The van der Waals surface area contributed by atoms with Crippen molar-refractivity contribution in [3.8, 4) is 5.75 Å². The minimum Gasteiger partial charge on any atom is -0.488 e. The van der Waals surface area contributed by atoms with E-state index in [1.165, 1.54) is 30.8 Å². The Morgan fingerprint density at radius 3 is 2.86 bits per heavy atom. The highest BCUT2D eigenvalue weighted by molar-refractivity contribution is 7.89. The number of carbonyl (C=O) groups is 1. The lowest BCUT2D eigenvalue weighted by Crippen LogP contribution is -2.44. The number of rotatable bonds is 4. The lowest BCUT2D eigenvalue weighted by Gasteiger charge is -2.18. The molecule has 0 saturated carbocycles. The summed E-state index contributed by atoms with van der Waals surface area (Å²) in [5, 5.41) is 12.1. The molecule has 12 heteroatoms. The van der Waals surface area contributed by atoms with Gasteiger partial charge in [-0.25, -0.2) is 21.9 Å². The number of nitrogens with one attached hydrogen (secondary N) is 2. The first-order valence-corrected chi connectivity index (χ1v) is 9.66. The highest BCUT2D eigenvalue weighted by atomic mass is 32.2. The number of hydrogen-bond acceptors (Lipinski definition) is 6. The van der Waals surface area contributed by atoms with E-state index in [1.807, 2.05) is 0 Å². The fourth-order valence-electron chi connectivity index (χ4n) is 2.71. The van der Waals surface area contributed by atoms with Crippen molar-refractivity contribution in [2.24, 2.45) is 7.05 Å². The third-order valence-electron chi connectivity index (χ3n) is 4.17. The number of hydrogen-bond donors (Lipinski definition) is 3. The van der Waals surface area contributed by atoms with E-state index in [-0.39, 0.29) is 28.6 Å². The predicted molar refractivity (Wildman–Crippen MR) is 93.8 cm³/mol. The van der Waals surface area contributed by atoms with E-state index in [1.54, 1.807) is 0 Å². The molecule has 3 N–H and O–H groups in total. The number of carbonyl (C=O) groups excluding carboxylic acids is 1. The first-order valence-electron chi connectivity index (χ1n) is 8.18. The van der Waals surface area contributed by atoms with Crippen LogP contribution in [0.5, 0.6) is 5.75 Å². The SMILES string of the molecule is C[C@H](O)C1COc2c(cn(C)c2C(=O)Nc2ccnc(C(F)F)c2)S(=O)(=O)N1. The van der Waals surface area contributed by atoms with Crippen LogP contribution in [0.25, 0.3) is 0 Å². The minimum atomic E-state index is -4.04. The van der Waals surface area contributed by atoms with Gasteiger partial charge in [0.2, 0.25) is 10.0 Å². The molecule has 1 amide bonds. The molecule has 1 unspecified atom stereocenters. The van der Waals surface area contributed by atoms with E-state index >= 15 is 0 Å². The molecule has 0 spiro atoms. The van der Waals surface area contributed by atoms with Crippen LogP contribution in [0.1, 0.15) is 29.5 Å². The first-order chi connectivity index (χ1) is 13.1. The highest BCUT2D eigenvalue weighted by Crippen LogP contribution is 2.33. The number of amides is 1. The summed E-state index contributed by atoms with van der Waals surface area (Å²) in [4.78, 5) is 16.0. The molecule has 0 radical (unpaired) electrons. The van der Waals surface area contributed by atoms with Gasteiger partial charge in [-0.15, -0.1) is 0 Å². The number of pyridine rings is 1. The van der Waals surface area contributed by atoms with Crippen LogP contribution in [0.15, 0.2) is 29.4 Å². The predicted octanol–water partition coefficient (Wildman–Crippen LogP) is 1.03. The summed E-state index contributed by atoms with van der Waals surface area (Å²) < 4.78 is 59.7. The summed E-state index contributed by atoms with van der Waals surface area (Å²) in [6.07, 6.45) is -1.50. The van der Waals surface area contributed by atoms with Crippen molar-refractivity contribution < 1.29 is 31.8 Å². The normalized spacial score (nSPS) is 19.4. The van der Waals surface area contributed by atoms with Gasteiger partial charge in [-0.2, -0.15) is 0 Å². The molecule has 3 heterocycles. The summed E-state index contributed by atoms with van der Waals surface area (Å²) in [5.41, 5.74) is -0.546. The summed E-state index contributed by atoms with van der Waals surface area (Å²) in [7, 11) is -2.59. The fraction of sp³-hybridized carbons (Fsp3) is 0.375. The summed E-state index contributed by atoms with van der Waals surface area (Å²) in [5.74, 6) is -0.931. The van der Waals surface area contributed by atoms with Crippen molar-refractivity contribution in [1.29, 1.82) is 0 Å². The van der Waals surface area contributed by atoms with Crippen LogP contribution in [0.4, 0.5) is 14.5 Å². The number of aromatic nitrogens is 2. The largest absolute Gasteiger partial charge is 0.488 e. The van der Waals surface area contributed by atoms with Crippen LogP contribution in [-0.4, -0.2) is 47.7 Å². The highest BCUT2D eigenvalue weighted by Gasteiger charge is 2.35. The second-order valence-electron chi connectivity index (χ2n) is 6.29. The van der Waals surface area contributed by atoms with E-state index < -0.39 is 40.2 Å². The van der Waals surface area contributed by atoms with Gasteiger partial charge in [0.1, 0.15) is 17.2 Å². The van der Waals surface area contributed by atoms with E-state index in [4.69, 9.17) is 4.74 Å². The number of ether oxygens (including phenoxy) is 1. The van der Waals surface area contributed by atoms with Gasteiger partial charge in [-0.1, -0.05) is 0 Å². The van der Waals surface area contributed by atoms with Crippen molar-refractivity contribution in [3.05, 3.63) is 35.9 Å². The maximum atomic E-state index is 12.8. The zero-order valence-corrected chi connectivity index (χ0v) is 15.7. The molecule has 9 nitrogen and oxygen atoms in total. The molecular weight excluding hydrogens is 398 g/mol. The summed E-state index contributed by atoms with van der Waals surface area (Å²) >= 11 is 0. The first kappa shape index (κ1) is 20.2. The van der Waals surface area contributed by atoms with Crippen molar-refractivity contribution in [3.63, 3.8) is 0 Å². The fourth-order valence-corrected chi connectivity index (χ4v) is 4.20. The third-order valence-corrected chi connectivity index (χ3v) is 5.65. The number of aliphatic hydroxyl groups is 1. The number of alkyl halides is 2. The van der Waals surface area contributed by atoms with Crippen LogP contribution in [0.2, 0.25) is 0 Å². The van der Waals surface area contributed by atoms with E-state index in [0.29, 0.717) is 0 Å². The Morgan fingerprint density at radius 1 is 1.50 bits per heavy atom. The number of aryl methyl sites for hydroxylation is 1. The third kappa shape index (κ3) is 3.84. The van der Waals surface area contributed by atoms with Gasteiger partial charge < -0.3 is 19.7 Å². The van der Waals surface area contributed by atoms with Crippen LogP contribution >= 0.6 is 0 Å². The number of aliphatic hydroxyl groups excluding tert-OH is 1. The Bertz CT molecular complexity index is 1010. The molecular formula is C16H18F2N4O5S. The van der Waals surface area contributed by atoms with Crippen molar-refractivity contribution in [1.82, 2.24) is 14.3 Å². The second-order valence-corrected chi connectivity index (χ2v) is 7.97. The van der Waals surface area contributed by atoms with Crippen molar-refractivity contribution in [2.75, 3.05) is 11.9 Å². The van der Waals surface area contributed by atoms with Crippen LogP contribution in [0, 0.1) is 0 Å². The second kappa shape index (κ2) is 7.45. The maximum Gasteiger partial charge on any atom is 0.280 e. The molecule has 2 atom stereocenters. The van der Waals surface area contributed by atoms with E-state index in [0.717, 1.165) is 12.3 Å². The Hall–Kier alpha value is -2.57. The standard InChI is InChI=1S/C16H18F2N4O5S/c1-8(23)11-7-27-14-12(28(25,26)21-11)6-22(2)13(14)16(24)20-9-3-4-19-10(5-9)15(17)18/h3-6,8,11,15,21,23H,7H2,1-2H3,(H,19,20,24)/t8-,11?/m0/s1. The van der Waals surface area contributed by atoms with Crippen LogP contribution in [0.3, 0.4) is 0 Å². The Morgan fingerprint density at radius 2 is 2.21 bits per heavy atom. The maximum absolute atomic E-state index is 12.8. The van der Waals surface area contributed by atoms with Crippen LogP contribution in [-0.2, 0) is 17.1 Å². The van der Waals surface area contributed by atoms with Gasteiger partial charge in [-0.3, -0.25) is 9.78 Å². The molecule has 1 aliphatic rings. The Balaban J connectivity index is 1.95. The lowest BCUT2D eigenvalue weighted by atomic mass is 10.2. The minimum absolute atomic E-state index is 0.0710. The van der Waals surface area contributed by atoms with Gasteiger partial charge in [0.25, 0.3) is 12.3 Å². The number of halogens is 2. The van der Waals surface area contributed by atoms with Crippen molar-refractivity contribution in [2.45, 2.75) is 30.4 Å². The molecule has 0 aliphatic carbocycles. The molecule has 3 rings (SSSR count). The number of anilines is 1. The van der Waals surface area contributed by atoms with Gasteiger partial charge >= 0.3 is 0 Å². The van der Waals surface area contributed by atoms with E-state index in [9.17, 15) is 27.1 Å². The Kier molecular flexibility index (Phi) is 5.37. The summed E-state index contributed by atoms with van der Waals surface area (Å²) in [6, 6.07) is 1.45. The van der Waals surface area contributed by atoms with Gasteiger partial charge in [0.15, 0.2) is 11.4 Å². The number of sulfonamides is 1.